The highest BCUT2D eigenvalue weighted by molar-refractivity contribution is 7.44. The molecule has 2 aromatic heterocycles. The number of hydrogen-bond acceptors (Lipinski definition) is 12. The summed E-state index contributed by atoms with van der Waals surface area (Å²) < 4.78 is 43.2. The van der Waals surface area contributed by atoms with Gasteiger partial charge in [-0.1, -0.05) is 80.6 Å². The van der Waals surface area contributed by atoms with Gasteiger partial charge < -0.3 is 33.3 Å². The summed E-state index contributed by atoms with van der Waals surface area (Å²) in [6, 6.07) is 28.2. The van der Waals surface area contributed by atoms with E-state index in [0.717, 1.165) is 16.7 Å². The summed E-state index contributed by atoms with van der Waals surface area (Å²) >= 11 is 0. The Morgan fingerprint density at radius 1 is 0.951 bits per heavy atom. The molecule has 14 nitrogen and oxygen atoms in total. The molecule has 3 heterocycles. The lowest BCUT2D eigenvalue weighted by Crippen LogP contribution is -2.39. The minimum Gasteiger partial charge on any atom is -0.497 e. The Labute approximate surface area is 359 Å². The second-order valence-electron chi connectivity index (χ2n) is 15.8. The van der Waals surface area contributed by atoms with E-state index in [1.54, 1.807) is 31.2 Å². The predicted octanol–water partition coefficient (Wildman–Crippen LogP) is 8.72. The van der Waals surface area contributed by atoms with Gasteiger partial charge in [0.15, 0.2) is 11.2 Å². The smallest absolute Gasteiger partial charge is 0.280 e. The maximum absolute atomic E-state index is 13.3. The van der Waals surface area contributed by atoms with E-state index in [-0.39, 0.29) is 42.8 Å². The summed E-state index contributed by atoms with van der Waals surface area (Å²) in [6.07, 6.45) is 4.10. The van der Waals surface area contributed by atoms with Crippen molar-refractivity contribution < 1.29 is 28.0 Å². The number of benzene rings is 3. The van der Waals surface area contributed by atoms with Gasteiger partial charge in [0.1, 0.15) is 29.4 Å². The van der Waals surface area contributed by atoms with Crippen LogP contribution in [-0.2, 0) is 24.1 Å². The van der Waals surface area contributed by atoms with Gasteiger partial charge in [0.05, 0.1) is 52.4 Å². The zero-order chi connectivity index (χ0) is 43.5. The Bertz CT molecular complexity index is 2220. The van der Waals surface area contributed by atoms with Crippen LogP contribution in [0.25, 0.3) is 11.2 Å². The summed E-state index contributed by atoms with van der Waals surface area (Å²) in [5.74, 6) is 2.12. The Kier molecular flexibility index (Phi) is 15.7. The van der Waals surface area contributed by atoms with Crippen molar-refractivity contribution in [3.05, 3.63) is 124 Å². The Morgan fingerprint density at radius 3 is 2.15 bits per heavy atom. The highest BCUT2D eigenvalue weighted by Gasteiger charge is 2.45. The summed E-state index contributed by atoms with van der Waals surface area (Å²) in [7, 11) is 1.64. The number of nitriles is 1. The quantitative estimate of drug-likeness (QED) is 0.0412. The Hall–Kier alpha value is -5.13. The minimum absolute atomic E-state index is 0.0863. The number of nitrogens with zero attached hydrogens (tertiary/aromatic N) is 5. The van der Waals surface area contributed by atoms with Crippen LogP contribution in [0.1, 0.15) is 77.3 Å². The van der Waals surface area contributed by atoms with Gasteiger partial charge in [0.2, 0.25) is 5.95 Å². The van der Waals surface area contributed by atoms with Crippen molar-refractivity contribution in [1.82, 2.24) is 24.2 Å². The lowest BCUT2D eigenvalue weighted by Gasteiger charge is -2.39. The van der Waals surface area contributed by atoms with Crippen molar-refractivity contribution in [2.75, 3.05) is 39.3 Å². The number of methoxy groups -OCH3 is 2. The molecule has 1 fully saturated rings. The van der Waals surface area contributed by atoms with Crippen LogP contribution in [0.4, 0.5) is 5.95 Å². The summed E-state index contributed by atoms with van der Waals surface area (Å²) in [5, 5.41) is 12.3. The van der Waals surface area contributed by atoms with Gasteiger partial charge in [-0.2, -0.15) is 10.2 Å². The fraction of sp³-hybridized carbons (Fsp3) is 0.435. The topological polar surface area (TPSA) is 158 Å². The molecule has 0 bridgehead atoms. The Morgan fingerprint density at radius 2 is 1.57 bits per heavy atom. The fourth-order valence-electron chi connectivity index (χ4n) is 7.49. The molecule has 15 heteroatoms. The molecule has 1 aliphatic heterocycles. The molecular formula is C46H58N7O7P. The van der Waals surface area contributed by atoms with Crippen molar-refractivity contribution in [3.63, 3.8) is 0 Å². The number of rotatable bonds is 21. The SMILES string of the molecule is COc1ccc(C(OC[C@H]2O[C@@H](n3cnc4c(=O)[nH]c(NCC(C)C)nc43)C[C@@H]2OP(OC/C=C/CC#N)N(C(C)C)C(C)C)(c2ccccc2)c2ccc(OC)cc2)cc1. The third-order valence-corrected chi connectivity index (χ3v) is 12.5. The maximum atomic E-state index is 13.3. The molecule has 1 aliphatic rings. The number of ether oxygens (including phenoxy) is 4. The maximum Gasteiger partial charge on any atom is 0.280 e. The number of H-pyrrole nitrogens is 1. The van der Waals surface area contributed by atoms with Crippen molar-refractivity contribution in [2.24, 2.45) is 5.92 Å². The average Bonchev–Trinajstić information content (AvgIpc) is 3.87. The molecule has 0 saturated carbocycles. The zero-order valence-electron chi connectivity index (χ0n) is 36.3. The molecule has 0 aliphatic carbocycles. The largest absolute Gasteiger partial charge is 0.497 e. The molecule has 4 atom stereocenters. The molecule has 324 valence electrons. The van der Waals surface area contributed by atoms with Crippen LogP contribution in [0.2, 0.25) is 0 Å². The van der Waals surface area contributed by atoms with Gasteiger partial charge in [0.25, 0.3) is 14.1 Å². The lowest BCUT2D eigenvalue weighted by molar-refractivity contribution is -0.0911. The minimum atomic E-state index is -1.65. The van der Waals surface area contributed by atoms with E-state index < -0.39 is 32.6 Å². The van der Waals surface area contributed by atoms with Crippen LogP contribution in [0.5, 0.6) is 11.5 Å². The number of aromatic nitrogens is 4. The van der Waals surface area contributed by atoms with Crippen molar-refractivity contribution in [1.29, 1.82) is 5.26 Å². The van der Waals surface area contributed by atoms with Gasteiger partial charge in [0, 0.05) is 25.0 Å². The number of imidazole rings is 1. The van der Waals surface area contributed by atoms with E-state index in [9.17, 15) is 4.79 Å². The molecular weight excluding hydrogens is 794 g/mol. The van der Waals surface area contributed by atoms with Crippen LogP contribution >= 0.6 is 8.53 Å². The molecule has 61 heavy (non-hydrogen) atoms. The van der Waals surface area contributed by atoms with Crippen LogP contribution in [-0.4, -0.2) is 82.5 Å². The first-order valence-electron chi connectivity index (χ1n) is 20.7. The molecule has 0 radical (unpaired) electrons. The number of fused-ring (bicyclic) bond motifs is 1. The monoisotopic (exact) mass is 851 g/mol. The lowest BCUT2D eigenvalue weighted by atomic mass is 9.80. The number of allylic oxidation sites excluding steroid dienone is 1. The molecule has 3 aromatic carbocycles. The van der Waals surface area contributed by atoms with E-state index in [2.05, 4.69) is 79.7 Å². The van der Waals surface area contributed by atoms with E-state index in [0.29, 0.717) is 42.0 Å². The Balaban J connectivity index is 1.44. The van der Waals surface area contributed by atoms with E-state index >= 15 is 0 Å². The van der Waals surface area contributed by atoms with Crippen LogP contribution < -0.4 is 20.3 Å². The average molecular weight is 852 g/mol. The van der Waals surface area contributed by atoms with Gasteiger partial charge in [-0.25, -0.2) is 9.65 Å². The van der Waals surface area contributed by atoms with E-state index in [4.69, 9.17) is 38.2 Å². The van der Waals surface area contributed by atoms with Crippen molar-refractivity contribution >= 4 is 25.6 Å². The van der Waals surface area contributed by atoms with Gasteiger partial charge in [-0.15, -0.1) is 0 Å². The zero-order valence-corrected chi connectivity index (χ0v) is 37.2. The molecule has 2 N–H and O–H groups in total. The van der Waals surface area contributed by atoms with Crippen molar-refractivity contribution in [2.45, 2.75) is 90.5 Å². The number of nitrogens with one attached hydrogen (secondary N) is 2. The number of aromatic amines is 1. The predicted molar refractivity (Wildman–Crippen MR) is 237 cm³/mol. The van der Waals surface area contributed by atoms with Crippen LogP contribution in [0.3, 0.4) is 0 Å². The van der Waals surface area contributed by atoms with Crippen molar-refractivity contribution in [3.8, 4) is 17.6 Å². The van der Waals surface area contributed by atoms with Gasteiger partial charge in [-0.3, -0.25) is 14.3 Å². The standard InChI is InChI=1S/C46H58N7O7P/c1-31(2)28-48-45-50-43-42(44(54)51-45)49-30-52(43)41-27-39(60-61(53(32(3)4)33(5)6)58-26-14-10-13-25-47)40(59-41)29-57-46(34-15-11-9-12-16-34,35-17-21-37(55-7)22-18-35)36-19-23-38(56-8)24-20-36/h9-12,14-24,30-33,39-41H,13,26-29H2,1-8H3,(H2,48,50,51,54)/b14-10+/t39-,40+,41+,61?/m0/s1. The third-order valence-electron chi connectivity index (χ3n) is 10.4. The molecule has 0 spiro atoms. The molecule has 1 saturated heterocycles. The van der Waals surface area contributed by atoms with Crippen LogP contribution in [0, 0.1) is 17.2 Å². The number of hydrogen-bond donors (Lipinski definition) is 2. The van der Waals surface area contributed by atoms with E-state index in [1.807, 2.05) is 72.8 Å². The third kappa shape index (κ3) is 10.7. The molecule has 0 amide bonds. The summed E-state index contributed by atoms with van der Waals surface area (Å²) in [6.45, 7) is 13.6. The second kappa shape index (κ2) is 21.1. The molecule has 1 unspecified atom stereocenters. The van der Waals surface area contributed by atoms with Gasteiger partial charge in [-0.05, 0) is 74.6 Å². The van der Waals surface area contributed by atoms with Gasteiger partial charge >= 0.3 is 0 Å². The fourth-order valence-corrected chi connectivity index (χ4v) is 9.21. The first-order chi connectivity index (χ1) is 29.5. The first-order valence-corrected chi connectivity index (χ1v) is 21.9. The summed E-state index contributed by atoms with van der Waals surface area (Å²) in [4.78, 5) is 25.4. The normalized spacial score (nSPS) is 17.5. The van der Waals surface area contributed by atoms with E-state index in [1.165, 1.54) is 0 Å². The highest BCUT2D eigenvalue weighted by atomic mass is 31.2. The molecule has 5 aromatic rings. The highest BCUT2D eigenvalue weighted by Crippen LogP contribution is 2.51. The number of anilines is 1. The second-order valence-corrected chi connectivity index (χ2v) is 17.2. The first kappa shape index (κ1) is 45.4. The van der Waals surface area contributed by atoms with Crippen LogP contribution in [0.15, 0.2) is 102 Å². The summed E-state index contributed by atoms with van der Waals surface area (Å²) in [5.41, 5.74) is 1.79. The molecule has 6 rings (SSSR count).